The van der Waals surface area contributed by atoms with E-state index in [1.807, 2.05) is 20.8 Å². The number of carbonyl (C=O) groups is 2. The monoisotopic (exact) mass is 478 g/mol. The van der Waals surface area contributed by atoms with Crippen molar-refractivity contribution in [1.29, 1.82) is 0 Å². The summed E-state index contributed by atoms with van der Waals surface area (Å²) >= 11 is 0. The van der Waals surface area contributed by atoms with E-state index < -0.39 is 10.0 Å². The summed E-state index contributed by atoms with van der Waals surface area (Å²) in [5, 5.41) is 0.860. The van der Waals surface area contributed by atoms with Crippen LogP contribution in [0.5, 0.6) is 5.75 Å². The maximum absolute atomic E-state index is 11.8. The first-order valence-electron chi connectivity index (χ1n) is 10.6. The van der Waals surface area contributed by atoms with Gasteiger partial charge >= 0.3 is 0 Å². The Balaban J connectivity index is 0.000000234. The number of benzene rings is 2. The number of imide groups is 1. The van der Waals surface area contributed by atoms with Gasteiger partial charge in [0.1, 0.15) is 5.75 Å². The molecule has 3 rings (SSSR count). The first kappa shape index (κ1) is 26.5. The molecule has 0 saturated carbocycles. The van der Waals surface area contributed by atoms with E-state index in [9.17, 15) is 18.0 Å². The highest BCUT2D eigenvalue weighted by Crippen LogP contribution is 2.23. The van der Waals surface area contributed by atoms with Crippen LogP contribution in [-0.4, -0.2) is 44.6 Å². The van der Waals surface area contributed by atoms with Crippen LogP contribution in [-0.2, 0) is 19.7 Å². The normalized spacial score (nSPS) is 14.9. The summed E-state index contributed by atoms with van der Waals surface area (Å²) in [5.41, 5.74) is 0.826. The zero-order chi connectivity index (χ0) is 24.6. The summed E-state index contributed by atoms with van der Waals surface area (Å²) in [6.45, 7) is 7.45. The van der Waals surface area contributed by atoms with Crippen molar-refractivity contribution in [2.45, 2.75) is 57.6 Å². The number of carbonyl (C=O) groups excluding carboxylic acids is 2. The van der Waals surface area contributed by atoms with Crippen LogP contribution in [0.4, 0.5) is 0 Å². The SMILES string of the molecule is CCC(C)ON1C(=O)c2ccccc2C1=O.CCC(C)ONS(=O)(=O)c1ccc(OC)cc1. The largest absolute Gasteiger partial charge is 0.497 e. The highest BCUT2D eigenvalue weighted by molar-refractivity contribution is 7.89. The highest BCUT2D eigenvalue weighted by atomic mass is 32.2. The maximum Gasteiger partial charge on any atom is 0.285 e. The lowest BCUT2D eigenvalue weighted by atomic mass is 10.1. The fourth-order valence-electron chi connectivity index (χ4n) is 2.55. The number of hydrogen-bond donors (Lipinski definition) is 1. The molecule has 0 radical (unpaired) electrons. The van der Waals surface area contributed by atoms with Gasteiger partial charge in [-0.15, -0.1) is 5.06 Å². The number of hydroxylamine groups is 2. The predicted octanol–water partition coefficient (Wildman–Crippen LogP) is 3.72. The van der Waals surface area contributed by atoms with Gasteiger partial charge in [-0.25, -0.2) is 8.42 Å². The van der Waals surface area contributed by atoms with Crippen LogP contribution in [0.3, 0.4) is 0 Å². The molecule has 180 valence electrons. The summed E-state index contributed by atoms with van der Waals surface area (Å²) in [5.74, 6) is -0.145. The molecule has 0 aliphatic carbocycles. The lowest BCUT2D eigenvalue weighted by Gasteiger charge is -2.17. The zero-order valence-corrected chi connectivity index (χ0v) is 20.2. The van der Waals surface area contributed by atoms with Gasteiger partial charge < -0.3 is 4.74 Å². The molecule has 1 aliphatic heterocycles. The molecule has 0 saturated heterocycles. The molecule has 2 aromatic carbocycles. The Hall–Kier alpha value is -2.79. The molecular weight excluding hydrogens is 448 g/mol. The lowest BCUT2D eigenvalue weighted by Crippen LogP contribution is -2.33. The molecule has 2 aromatic rings. The molecular formula is C23H30N2O7S. The average Bonchev–Trinajstić information content (AvgIpc) is 3.07. The van der Waals surface area contributed by atoms with Crippen molar-refractivity contribution < 1.29 is 32.4 Å². The first-order chi connectivity index (χ1) is 15.6. The third-order valence-electron chi connectivity index (χ3n) is 4.92. The Morgan fingerprint density at radius 1 is 0.879 bits per heavy atom. The van der Waals surface area contributed by atoms with Gasteiger partial charge in [-0.1, -0.05) is 30.9 Å². The molecule has 2 amide bonds. The Morgan fingerprint density at radius 2 is 1.39 bits per heavy atom. The van der Waals surface area contributed by atoms with E-state index in [0.717, 1.165) is 17.9 Å². The topological polar surface area (TPSA) is 111 Å². The van der Waals surface area contributed by atoms with Crippen LogP contribution in [0.2, 0.25) is 0 Å². The molecule has 33 heavy (non-hydrogen) atoms. The summed E-state index contributed by atoms with van der Waals surface area (Å²) in [6.07, 6.45) is 1.16. The number of ether oxygens (including phenoxy) is 1. The second-order valence-electron chi connectivity index (χ2n) is 7.37. The molecule has 1 N–H and O–H groups in total. The fraction of sp³-hybridized carbons (Fsp3) is 0.391. The molecule has 1 heterocycles. The summed E-state index contributed by atoms with van der Waals surface area (Å²) in [6, 6.07) is 12.8. The minimum absolute atomic E-state index is 0.140. The summed E-state index contributed by atoms with van der Waals surface area (Å²) in [7, 11) is -2.10. The van der Waals surface area contributed by atoms with E-state index in [1.165, 1.54) is 19.2 Å². The second-order valence-corrected chi connectivity index (χ2v) is 9.02. The van der Waals surface area contributed by atoms with Gasteiger partial charge in [-0.2, -0.15) is 0 Å². The Bertz CT molecular complexity index is 1020. The molecule has 10 heteroatoms. The number of hydrogen-bond acceptors (Lipinski definition) is 7. The van der Waals surface area contributed by atoms with Gasteiger partial charge in [0, 0.05) is 0 Å². The molecule has 2 atom stereocenters. The zero-order valence-electron chi connectivity index (χ0n) is 19.4. The van der Waals surface area contributed by atoms with Gasteiger partial charge in [0.2, 0.25) is 0 Å². The quantitative estimate of drug-likeness (QED) is 0.432. The van der Waals surface area contributed by atoms with Crippen molar-refractivity contribution in [3.05, 3.63) is 59.7 Å². The number of methoxy groups -OCH3 is 1. The van der Waals surface area contributed by atoms with Gasteiger partial charge in [0.15, 0.2) is 0 Å². The van der Waals surface area contributed by atoms with Crippen molar-refractivity contribution in [2.75, 3.05) is 7.11 Å². The number of nitrogens with zero attached hydrogens (tertiary/aromatic N) is 1. The van der Waals surface area contributed by atoms with E-state index in [0.29, 0.717) is 16.9 Å². The van der Waals surface area contributed by atoms with Crippen LogP contribution in [0.25, 0.3) is 0 Å². The van der Waals surface area contributed by atoms with E-state index >= 15 is 0 Å². The average molecular weight is 479 g/mol. The van der Waals surface area contributed by atoms with Gasteiger partial charge in [0.05, 0.1) is 35.3 Å². The van der Waals surface area contributed by atoms with Gasteiger partial charge in [-0.05, 0) is 63.1 Å². The fourth-order valence-corrected chi connectivity index (χ4v) is 3.43. The van der Waals surface area contributed by atoms with Gasteiger partial charge in [0.25, 0.3) is 21.8 Å². The van der Waals surface area contributed by atoms with E-state index in [1.54, 1.807) is 43.3 Å². The minimum atomic E-state index is -3.62. The van der Waals surface area contributed by atoms with Crippen molar-refractivity contribution in [1.82, 2.24) is 9.95 Å². The molecule has 0 fully saturated rings. The Morgan fingerprint density at radius 3 is 1.85 bits per heavy atom. The summed E-state index contributed by atoms with van der Waals surface area (Å²) in [4.78, 5) is 36.2. The van der Waals surface area contributed by atoms with Crippen LogP contribution in [0.15, 0.2) is 53.4 Å². The van der Waals surface area contributed by atoms with E-state index in [2.05, 4.69) is 4.89 Å². The van der Waals surface area contributed by atoms with Crippen molar-refractivity contribution in [2.24, 2.45) is 0 Å². The predicted molar refractivity (Wildman–Crippen MR) is 122 cm³/mol. The molecule has 0 bridgehead atoms. The van der Waals surface area contributed by atoms with Crippen molar-refractivity contribution >= 4 is 21.8 Å². The summed E-state index contributed by atoms with van der Waals surface area (Å²) < 4.78 is 28.5. The Kier molecular flexibility index (Phi) is 9.54. The third kappa shape index (κ3) is 6.84. The first-order valence-corrected chi connectivity index (χ1v) is 12.1. The van der Waals surface area contributed by atoms with E-state index in [-0.39, 0.29) is 28.9 Å². The highest BCUT2D eigenvalue weighted by Gasteiger charge is 2.37. The third-order valence-corrected chi connectivity index (χ3v) is 6.13. The van der Waals surface area contributed by atoms with Gasteiger partial charge in [-0.3, -0.25) is 19.3 Å². The maximum atomic E-state index is 11.8. The van der Waals surface area contributed by atoms with E-state index in [4.69, 9.17) is 14.4 Å². The smallest absolute Gasteiger partial charge is 0.285 e. The number of sulfonamides is 1. The van der Waals surface area contributed by atoms with Crippen LogP contribution >= 0.6 is 0 Å². The molecule has 0 spiro atoms. The standard InChI is InChI=1S/C12H13NO3.C11H17NO4S/c1-3-8(2)16-13-11(14)9-6-4-5-7-10(9)12(13)15;1-4-9(2)16-12-17(13,14)11-7-5-10(15-3)6-8-11/h4-8H,3H2,1-2H3;5-9,12H,4H2,1-3H3. The van der Waals surface area contributed by atoms with Crippen LogP contribution in [0.1, 0.15) is 61.3 Å². The molecule has 0 aromatic heterocycles. The van der Waals surface area contributed by atoms with Crippen molar-refractivity contribution in [3.63, 3.8) is 0 Å². The Labute approximate surface area is 194 Å². The van der Waals surface area contributed by atoms with Crippen molar-refractivity contribution in [3.8, 4) is 5.75 Å². The number of rotatable bonds is 9. The lowest BCUT2D eigenvalue weighted by molar-refractivity contribution is -0.126. The number of nitrogens with one attached hydrogen (secondary N) is 1. The molecule has 2 unspecified atom stereocenters. The molecule has 9 nitrogen and oxygen atoms in total. The number of amides is 2. The molecule has 1 aliphatic rings. The van der Waals surface area contributed by atoms with Crippen LogP contribution in [0, 0.1) is 0 Å². The minimum Gasteiger partial charge on any atom is -0.497 e. The van der Waals surface area contributed by atoms with Crippen LogP contribution < -0.4 is 9.62 Å². The second kappa shape index (κ2) is 11.9. The number of fused-ring (bicyclic) bond motifs is 1.